The molecule has 1 rings (SSSR count). The fraction of sp³-hybridized carbons (Fsp3) is 0.462. The van der Waals surface area contributed by atoms with Gasteiger partial charge in [-0.3, -0.25) is 9.69 Å². The van der Waals surface area contributed by atoms with Crippen LogP contribution in [0.15, 0.2) is 22.7 Å². The van der Waals surface area contributed by atoms with Gasteiger partial charge in [0.15, 0.2) is 0 Å². The molecule has 0 heterocycles. The maximum atomic E-state index is 13.1. The van der Waals surface area contributed by atoms with Crippen LogP contribution >= 0.6 is 15.9 Å². The monoisotopic (exact) mass is 316 g/mol. The van der Waals surface area contributed by atoms with Crippen LogP contribution in [0.2, 0.25) is 0 Å². The fourth-order valence-electron chi connectivity index (χ4n) is 1.82. The lowest BCUT2D eigenvalue weighted by Crippen LogP contribution is -2.35. The Labute approximate surface area is 115 Å². The smallest absolute Gasteiger partial charge is 0.231 e. The topological polar surface area (TPSA) is 46.3 Å². The zero-order chi connectivity index (χ0) is 13.7. The number of primary amides is 1. The van der Waals surface area contributed by atoms with Gasteiger partial charge in [-0.05, 0) is 39.5 Å². The molecule has 1 aromatic rings. The molecule has 3 nitrogen and oxygen atoms in total. The van der Waals surface area contributed by atoms with Gasteiger partial charge in [0.2, 0.25) is 5.91 Å². The van der Waals surface area contributed by atoms with Crippen molar-refractivity contribution >= 4 is 21.8 Å². The second kappa shape index (κ2) is 6.85. The molecule has 0 atom stereocenters. The van der Waals surface area contributed by atoms with E-state index in [4.69, 9.17) is 5.73 Å². The van der Waals surface area contributed by atoms with E-state index in [1.54, 1.807) is 12.1 Å². The minimum atomic E-state index is -0.350. The standard InChI is InChI=1S/C13H18BrFN2O/c1-9(2)6-17(8-13(16)18)7-10-3-4-12(15)11(14)5-10/h3-5,9H,6-8H2,1-2H3,(H2,16,18). The first-order chi connectivity index (χ1) is 8.38. The quantitative estimate of drug-likeness (QED) is 0.876. The fourth-order valence-corrected chi connectivity index (χ4v) is 2.24. The van der Waals surface area contributed by atoms with Crippen LogP contribution in [0.4, 0.5) is 4.39 Å². The van der Waals surface area contributed by atoms with E-state index in [0.717, 1.165) is 12.1 Å². The zero-order valence-electron chi connectivity index (χ0n) is 10.6. The molecule has 0 radical (unpaired) electrons. The van der Waals surface area contributed by atoms with Crippen LogP contribution in [-0.4, -0.2) is 23.9 Å². The Balaban J connectivity index is 2.74. The maximum Gasteiger partial charge on any atom is 0.231 e. The van der Waals surface area contributed by atoms with Crippen molar-refractivity contribution in [2.75, 3.05) is 13.1 Å². The van der Waals surface area contributed by atoms with Crippen LogP contribution in [0, 0.1) is 11.7 Å². The third kappa shape index (κ3) is 5.14. The van der Waals surface area contributed by atoms with E-state index >= 15 is 0 Å². The number of carbonyl (C=O) groups is 1. The van der Waals surface area contributed by atoms with Crippen molar-refractivity contribution in [3.05, 3.63) is 34.1 Å². The molecule has 0 saturated heterocycles. The van der Waals surface area contributed by atoms with Crippen LogP contribution in [0.5, 0.6) is 0 Å². The summed E-state index contributed by atoms with van der Waals surface area (Å²) in [5.74, 6) is -0.200. The predicted octanol–water partition coefficient (Wildman–Crippen LogP) is 2.53. The van der Waals surface area contributed by atoms with Crippen molar-refractivity contribution in [1.82, 2.24) is 4.90 Å². The minimum absolute atomic E-state index is 0.215. The Morgan fingerprint density at radius 1 is 1.50 bits per heavy atom. The van der Waals surface area contributed by atoms with Gasteiger partial charge in [0.1, 0.15) is 5.82 Å². The molecule has 5 heteroatoms. The first-order valence-corrected chi connectivity index (χ1v) is 6.62. The van der Waals surface area contributed by atoms with E-state index in [-0.39, 0.29) is 18.3 Å². The Hall–Kier alpha value is -0.940. The Bertz CT molecular complexity index is 423. The molecule has 0 aliphatic heterocycles. The first kappa shape index (κ1) is 15.1. The van der Waals surface area contributed by atoms with Gasteiger partial charge in [0, 0.05) is 13.1 Å². The van der Waals surface area contributed by atoms with Crippen molar-refractivity contribution < 1.29 is 9.18 Å². The molecular formula is C13H18BrFN2O. The molecule has 0 aliphatic carbocycles. The SMILES string of the molecule is CC(C)CN(CC(N)=O)Cc1ccc(F)c(Br)c1. The Kier molecular flexibility index (Phi) is 5.75. The lowest BCUT2D eigenvalue weighted by atomic mass is 10.1. The molecule has 0 fully saturated rings. The highest BCUT2D eigenvalue weighted by molar-refractivity contribution is 9.10. The number of hydrogen-bond donors (Lipinski definition) is 1. The molecule has 18 heavy (non-hydrogen) atoms. The average Bonchev–Trinajstić information content (AvgIpc) is 2.21. The van der Waals surface area contributed by atoms with Crippen LogP contribution in [0.1, 0.15) is 19.4 Å². The highest BCUT2D eigenvalue weighted by atomic mass is 79.9. The summed E-state index contributed by atoms with van der Waals surface area (Å²) in [6.07, 6.45) is 0. The molecular weight excluding hydrogens is 299 g/mol. The third-order valence-corrected chi connectivity index (χ3v) is 3.00. The van der Waals surface area contributed by atoms with Gasteiger partial charge in [-0.1, -0.05) is 19.9 Å². The second-order valence-corrected chi connectivity index (χ2v) is 5.63. The van der Waals surface area contributed by atoms with E-state index in [1.165, 1.54) is 6.07 Å². The molecule has 0 aromatic heterocycles. The molecule has 1 amide bonds. The van der Waals surface area contributed by atoms with E-state index in [9.17, 15) is 9.18 Å². The van der Waals surface area contributed by atoms with Crippen molar-refractivity contribution in [3.8, 4) is 0 Å². The van der Waals surface area contributed by atoms with E-state index in [1.807, 2.05) is 4.90 Å². The minimum Gasteiger partial charge on any atom is -0.369 e. The zero-order valence-corrected chi connectivity index (χ0v) is 12.2. The van der Waals surface area contributed by atoms with Gasteiger partial charge in [-0.25, -0.2) is 4.39 Å². The molecule has 0 saturated carbocycles. The summed E-state index contributed by atoms with van der Waals surface area (Å²) >= 11 is 3.15. The van der Waals surface area contributed by atoms with Gasteiger partial charge in [0.05, 0.1) is 11.0 Å². The summed E-state index contributed by atoms with van der Waals surface area (Å²) in [7, 11) is 0. The summed E-state index contributed by atoms with van der Waals surface area (Å²) in [5.41, 5.74) is 6.18. The van der Waals surface area contributed by atoms with Crippen molar-refractivity contribution in [2.24, 2.45) is 11.7 Å². The van der Waals surface area contributed by atoms with Gasteiger partial charge < -0.3 is 5.73 Å². The van der Waals surface area contributed by atoms with Gasteiger partial charge in [-0.15, -0.1) is 0 Å². The first-order valence-electron chi connectivity index (χ1n) is 5.83. The molecule has 0 aliphatic rings. The molecule has 0 spiro atoms. The van der Waals surface area contributed by atoms with Crippen LogP contribution in [-0.2, 0) is 11.3 Å². The number of halogens is 2. The van der Waals surface area contributed by atoms with Gasteiger partial charge in [-0.2, -0.15) is 0 Å². The number of nitrogens with two attached hydrogens (primary N) is 1. The number of hydrogen-bond acceptors (Lipinski definition) is 2. The largest absolute Gasteiger partial charge is 0.369 e. The summed E-state index contributed by atoms with van der Waals surface area (Å²) in [4.78, 5) is 13.0. The number of carbonyl (C=O) groups excluding carboxylic acids is 1. The Morgan fingerprint density at radius 3 is 2.67 bits per heavy atom. The maximum absolute atomic E-state index is 13.1. The Morgan fingerprint density at radius 2 is 2.17 bits per heavy atom. The summed E-state index contributed by atoms with van der Waals surface area (Å²) in [6, 6.07) is 4.86. The number of amides is 1. The number of benzene rings is 1. The summed E-state index contributed by atoms with van der Waals surface area (Å²) < 4.78 is 13.6. The predicted molar refractivity (Wildman–Crippen MR) is 73.4 cm³/mol. The molecule has 1 aromatic carbocycles. The highest BCUT2D eigenvalue weighted by Gasteiger charge is 2.11. The van der Waals surface area contributed by atoms with Gasteiger partial charge in [0.25, 0.3) is 0 Å². The average molecular weight is 317 g/mol. The lowest BCUT2D eigenvalue weighted by Gasteiger charge is -2.22. The number of rotatable bonds is 6. The van der Waals surface area contributed by atoms with Crippen LogP contribution in [0.3, 0.4) is 0 Å². The highest BCUT2D eigenvalue weighted by Crippen LogP contribution is 2.18. The van der Waals surface area contributed by atoms with Crippen molar-refractivity contribution in [2.45, 2.75) is 20.4 Å². The van der Waals surface area contributed by atoms with Crippen molar-refractivity contribution in [1.29, 1.82) is 0 Å². The third-order valence-electron chi connectivity index (χ3n) is 2.39. The second-order valence-electron chi connectivity index (χ2n) is 4.78. The lowest BCUT2D eigenvalue weighted by molar-refractivity contribution is -0.119. The number of nitrogens with zero attached hydrogens (tertiary/aromatic N) is 1. The summed E-state index contributed by atoms with van der Waals surface area (Å²) in [5, 5.41) is 0. The van der Waals surface area contributed by atoms with Crippen LogP contribution < -0.4 is 5.73 Å². The molecule has 100 valence electrons. The van der Waals surface area contributed by atoms with E-state index in [2.05, 4.69) is 29.8 Å². The molecule has 0 bridgehead atoms. The summed E-state index contributed by atoms with van der Waals surface area (Å²) in [6.45, 7) is 5.73. The van der Waals surface area contributed by atoms with E-state index < -0.39 is 0 Å². The van der Waals surface area contributed by atoms with E-state index in [0.29, 0.717) is 16.9 Å². The molecule has 2 N–H and O–H groups in total. The van der Waals surface area contributed by atoms with Crippen LogP contribution in [0.25, 0.3) is 0 Å². The van der Waals surface area contributed by atoms with Gasteiger partial charge >= 0.3 is 0 Å². The molecule has 0 unspecified atom stereocenters. The normalized spacial score (nSPS) is 11.2. The van der Waals surface area contributed by atoms with Crippen molar-refractivity contribution in [3.63, 3.8) is 0 Å².